The highest BCUT2D eigenvalue weighted by molar-refractivity contribution is 6.12. The summed E-state index contributed by atoms with van der Waals surface area (Å²) in [7, 11) is 0. The lowest BCUT2D eigenvalue weighted by atomic mass is 9.97. The van der Waals surface area contributed by atoms with E-state index < -0.39 is 36.0 Å². The number of carbonyl (C=O) groups excluding carboxylic acids is 3. The van der Waals surface area contributed by atoms with Gasteiger partial charge in [0.2, 0.25) is 11.8 Å². The molecule has 1 aliphatic rings. The average molecular weight is 481 g/mol. The average Bonchev–Trinajstić information content (AvgIpc) is 2.80. The lowest BCUT2D eigenvalue weighted by Gasteiger charge is -2.39. The van der Waals surface area contributed by atoms with Gasteiger partial charge in [-0.25, -0.2) is 9.59 Å². The highest BCUT2D eigenvalue weighted by atomic mass is 16.4. The van der Waals surface area contributed by atoms with Crippen molar-refractivity contribution in [1.29, 1.82) is 0 Å². The summed E-state index contributed by atoms with van der Waals surface area (Å²) in [4.78, 5) is 52.7. The lowest BCUT2D eigenvalue weighted by molar-refractivity contribution is -0.143. The molecule has 3 unspecified atom stereocenters. The monoisotopic (exact) mass is 480 g/mol. The number of anilines is 2. The first kappa shape index (κ1) is 25.7. The van der Waals surface area contributed by atoms with Gasteiger partial charge in [-0.15, -0.1) is 0 Å². The second-order valence-electron chi connectivity index (χ2n) is 9.33. The smallest absolute Gasteiger partial charge is 0.326 e. The highest BCUT2D eigenvalue weighted by Crippen LogP contribution is 2.34. The van der Waals surface area contributed by atoms with E-state index in [4.69, 9.17) is 0 Å². The standard InChI is InChI=1S/C26H32N4O5/c1-15(2)21(25(33)34)29-23(31)19(14-17-10-6-5-7-11-17)28-26(35)30-20-13-9-8-12-18(20)27-24(32)22(30)16(3)4/h5-13,15-16,19,21-22H,14H2,1-4H3,(H,27,32)(H,28,35)(H,29,31)(H,33,34). The molecule has 1 heterocycles. The number of hydrogen-bond donors (Lipinski definition) is 4. The maximum Gasteiger partial charge on any atom is 0.326 e. The minimum Gasteiger partial charge on any atom is -0.480 e. The second-order valence-corrected chi connectivity index (χ2v) is 9.33. The zero-order valence-electron chi connectivity index (χ0n) is 20.3. The van der Waals surface area contributed by atoms with Gasteiger partial charge < -0.3 is 21.1 Å². The highest BCUT2D eigenvalue weighted by Gasteiger charge is 2.40. The number of benzene rings is 2. The Balaban J connectivity index is 1.93. The third-order valence-electron chi connectivity index (χ3n) is 5.95. The molecule has 9 heteroatoms. The number of amides is 4. The van der Waals surface area contributed by atoms with E-state index in [9.17, 15) is 24.3 Å². The fraction of sp³-hybridized carbons (Fsp3) is 0.385. The Morgan fingerprint density at radius 1 is 0.971 bits per heavy atom. The molecule has 3 rings (SSSR count). The number of hydrogen-bond acceptors (Lipinski definition) is 4. The first-order valence-corrected chi connectivity index (χ1v) is 11.7. The van der Waals surface area contributed by atoms with Crippen molar-refractivity contribution in [2.45, 2.75) is 52.2 Å². The summed E-state index contributed by atoms with van der Waals surface area (Å²) in [6.45, 7) is 7.07. The molecular formula is C26H32N4O5. The van der Waals surface area contributed by atoms with Crippen molar-refractivity contribution in [1.82, 2.24) is 10.6 Å². The first-order valence-electron chi connectivity index (χ1n) is 11.7. The van der Waals surface area contributed by atoms with Crippen LogP contribution in [0.3, 0.4) is 0 Å². The molecule has 4 amide bonds. The molecule has 0 saturated heterocycles. The van der Waals surface area contributed by atoms with E-state index in [1.165, 1.54) is 4.90 Å². The largest absolute Gasteiger partial charge is 0.480 e. The van der Waals surface area contributed by atoms with E-state index in [0.29, 0.717) is 11.4 Å². The summed E-state index contributed by atoms with van der Waals surface area (Å²) in [5.74, 6) is -2.64. The van der Waals surface area contributed by atoms with E-state index in [-0.39, 0.29) is 24.2 Å². The van der Waals surface area contributed by atoms with E-state index in [2.05, 4.69) is 16.0 Å². The molecule has 2 aromatic carbocycles. The molecule has 3 atom stereocenters. The van der Waals surface area contributed by atoms with Gasteiger partial charge in [-0.2, -0.15) is 0 Å². The van der Waals surface area contributed by atoms with Crippen LogP contribution in [0.25, 0.3) is 0 Å². The van der Waals surface area contributed by atoms with Crippen LogP contribution in [0.1, 0.15) is 33.3 Å². The van der Waals surface area contributed by atoms with Gasteiger partial charge in [-0.05, 0) is 29.5 Å². The number of carboxylic acid groups (broad SMARTS) is 1. The molecule has 0 aliphatic carbocycles. The van der Waals surface area contributed by atoms with E-state index in [0.717, 1.165) is 5.56 Å². The topological polar surface area (TPSA) is 128 Å². The van der Waals surface area contributed by atoms with Crippen molar-refractivity contribution in [2.24, 2.45) is 11.8 Å². The maximum absolute atomic E-state index is 13.6. The van der Waals surface area contributed by atoms with Gasteiger partial charge in [-0.3, -0.25) is 14.5 Å². The fourth-order valence-corrected chi connectivity index (χ4v) is 4.14. The summed E-state index contributed by atoms with van der Waals surface area (Å²) in [5, 5.41) is 17.7. The summed E-state index contributed by atoms with van der Waals surface area (Å²) in [6.07, 6.45) is 0.150. The van der Waals surface area contributed by atoms with Gasteiger partial charge in [0, 0.05) is 6.42 Å². The Morgan fingerprint density at radius 2 is 1.60 bits per heavy atom. The molecule has 0 radical (unpaired) electrons. The molecule has 0 bridgehead atoms. The molecule has 9 nitrogen and oxygen atoms in total. The molecule has 1 aliphatic heterocycles. The SMILES string of the molecule is CC(C)C(NC(=O)C(Cc1ccccc1)NC(=O)N1c2ccccc2NC(=O)C1C(C)C)C(=O)O. The minimum absolute atomic E-state index is 0.150. The van der Waals surface area contributed by atoms with Crippen LogP contribution in [-0.4, -0.2) is 47.0 Å². The van der Waals surface area contributed by atoms with Crippen molar-refractivity contribution in [3.63, 3.8) is 0 Å². The van der Waals surface area contributed by atoms with Crippen LogP contribution < -0.4 is 20.9 Å². The number of nitrogens with one attached hydrogen (secondary N) is 3. The number of urea groups is 1. The molecule has 186 valence electrons. The number of nitrogens with zero attached hydrogens (tertiary/aromatic N) is 1. The zero-order valence-corrected chi connectivity index (χ0v) is 20.3. The molecule has 4 N–H and O–H groups in total. The third kappa shape index (κ3) is 5.98. The first-order chi connectivity index (χ1) is 16.6. The Kier molecular flexibility index (Phi) is 8.11. The summed E-state index contributed by atoms with van der Waals surface area (Å²) in [6, 6.07) is 12.5. The molecule has 0 spiro atoms. The number of para-hydroxylation sites is 2. The second kappa shape index (κ2) is 11.0. The molecule has 2 aromatic rings. The van der Waals surface area contributed by atoms with Gasteiger partial charge in [0.05, 0.1) is 11.4 Å². The minimum atomic E-state index is -1.15. The Labute approximate surface area is 204 Å². The summed E-state index contributed by atoms with van der Waals surface area (Å²) in [5.41, 5.74) is 1.81. The molecule has 0 aromatic heterocycles. The Hall–Kier alpha value is -3.88. The summed E-state index contributed by atoms with van der Waals surface area (Å²) < 4.78 is 0. The molecule has 0 saturated carbocycles. The van der Waals surface area contributed by atoms with Crippen LogP contribution in [-0.2, 0) is 20.8 Å². The molecule has 35 heavy (non-hydrogen) atoms. The van der Waals surface area contributed by atoms with E-state index in [1.54, 1.807) is 38.1 Å². The van der Waals surface area contributed by atoms with Crippen LogP contribution in [0.2, 0.25) is 0 Å². The zero-order chi connectivity index (χ0) is 25.7. The number of carbonyl (C=O) groups is 4. The van der Waals surface area contributed by atoms with Gasteiger partial charge in [0.25, 0.3) is 0 Å². The molecular weight excluding hydrogens is 448 g/mol. The maximum atomic E-state index is 13.6. The van der Waals surface area contributed by atoms with Crippen LogP contribution in [0.4, 0.5) is 16.2 Å². The van der Waals surface area contributed by atoms with E-state index in [1.807, 2.05) is 44.2 Å². The predicted octanol–water partition coefficient (Wildman–Crippen LogP) is 3.02. The number of rotatable bonds is 8. The van der Waals surface area contributed by atoms with Gasteiger partial charge in [-0.1, -0.05) is 70.2 Å². The van der Waals surface area contributed by atoms with Crippen LogP contribution in [0.5, 0.6) is 0 Å². The van der Waals surface area contributed by atoms with Gasteiger partial charge in [0.15, 0.2) is 0 Å². The normalized spacial score (nSPS) is 16.8. The lowest BCUT2D eigenvalue weighted by Crippen LogP contribution is -2.60. The van der Waals surface area contributed by atoms with Crippen LogP contribution in [0.15, 0.2) is 54.6 Å². The van der Waals surface area contributed by atoms with Crippen LogP contribution >= 0.6 is 0 Å². The van der Waals surface area contributed by atoms with Crippen molar-refractivity contribution in [3.8, 4) is 0 Å². The third-order valence-corrected chi connectivity index (χ3v) is 5.95. The van der Waals surface area contributed by atoms with Crippen molar-refractivity contribution < 1.29 is 24.3 Å². The van der Waals surface area contributed by atoms with Crippen molar-refractivity contribution >= 4 is 35.2 Å². The van der Waals surface area contributed by atoms with Crippen molar-refractivity contribution in [3.05, 3.63) is 60.2 Å². The predicted molar refractivity (Wildman–Crippen MR) is 133 cm³/mol. The number of fused-ring (bicyclic) bond motifs is 1. The van der Waals surface area contributed by atoms with Gasteiger partial charge in [0.1, 0.15) is 18.1 Å². The Morgan fingerprint density at radius 3 is 2.20 bits per heavy atom. The summed E-state index contributed by atoms with van der Waals surface area (Å²) >= 11 is 0. The quantitative estimate of drug-likeness (QED) is 0.462. The molecule has 0 fully saturated rings. The number of carboxylic acids is 1. The Bertz CT molecular complexity index is 1090. The fourth-order valence-electron chi connectivity index (χ4n) is 4.14. The van der Waals surface area contributed by atoms with E-state index >= 15 is 0 Å². The van der Waals surface area contributed by atoms with Gasteiger partial charge >= 0.3 is 12.0 Å². The number of aliphatic carboxylic acids is 1. The van der Waals surface area contributed by atoms with Crippen LogP contribution in [0, 0.1) is 11.8 Å². The van der Waals surface area contributed by atoms with Crippen molar-refractivity contribution in [2.75, 3.05) is 10.2 Å².